The van der Waals surface area contributed by atoms with Gasteiger partial charge in [-0.25, -0.2) is 10.4 Å². The van der Waals surface area contributed by atoms with Crippen molar-refractivity contribution in [2.75, 3.05) is 0 Å². The molecular formula is C29H29N3O. The van der Waals surface area contributed by atoms with Crippen molar-refractivity contribution >= 4 is 22.5 Å². The molecule has 1 aromatic heterocycles. The first kappa shape index (κ1) is 22.4. The molecule has 1 amide bonds. The number of rotatable bonds is 8. The maximum atomic E-state index is 13.1. The van der Waals surface area contributed by atoms with Crippen molar-refractivity contribution in [1.82, 2.24) is 10.4 Å². The van der Waals surface area contributed by atoms with E-state index >= 15 is 0 Å². The standard InChI is InChI=1S/C29H29N3O/c1-3-4-6-11-22-16-18-23(19-17-22)21(2)31-32-29(33)26-20-28(24-12-7-5-8-13-24)30-27-15-10-9-14-25(26)27/h5,7-10,12-20H,3-4,6,11H2,1-2H3,(H,32,33). The molecule has 1 heterocycles. The van der Waals surface area contributed by atoms with Gasteiger partial charge in [0.15, 0.2) is 0 Å². The normalized spacial score (nSPS) is 11.5. The number of unbranched alkanes of at least 4 members (excludes halogenated alkanes) is 2. The van der Waals surface area contributed by atoms with E-state index < -0.39 is 0 Å². The molecule has 0 fully saturated rings. The molecule has 166 valence electrons. The van der Waals surface area contributed by atoms with Crippen LogP contribution in [0.1, 0.15) is 54.6 Å². The fourth-order valence-corrected chi connectivity index (χ4v) is 3.87. The predicted molar refractivity (Wildman–Crippen MR) is 137 cm³/mol. The summed E-state index contributed by atoms with van der Waals surface area (Å²) < 4.78 is 0. The summed E-state index contributed by atoms with van der Waals surface area (Å²) in [5.74, 6) is -0.249. The first-order valence-electron chi connectivity index (χ1n) is 11.5. The number of benzene rings is 3. The number of pyridine rings is 1. The molecule has 0 radical (unpaired) electrons. The monoisotopic (exact) mass is 435 g/mol. The molecule has 0 aliphatic carbocycles. The van der Waals surface area contributed by atoms with Gasteiger partial charge in [-0.2, -0.15) is 5.10 Å². The second-order valence-corrected chi connectivity index (χ2v) is 8.23. The van der Waals surface area contributed by atoms with Gasteiger partial charge in [-0.1, -0.05) is 92.6 Å². The van der Waals surface area contributed by atoms with Gasteiger partial charge < -0.3 is 0 Å². The van der Waals surface area contributed by atoms with E-state index in [1.807, 2.05) is 67.6 Å². The third-order valence-electron chi connectivity index (χ3n) is 5.80. The Morgan fingerprint density at radius 1 is 0.909 bits per heavy atom. The van der Waals surface area contributed by atoms with Crippen molar-refractivity contribution in [3.8, 4) is 11.3 Å². The SMILES string of the molecule is CCCCCc1ccc(C(C)=NNC(=O)c2cc(-c3ccccc3)nc3ccccc23)cc1. The minimum Gasteiger partial charge on any atom is -0.267 e. The maximum absolute atomic E-state index is 13.1. The van der Waals surface area contributed by atoms with Gasteiger partial charge in [0.2, 0.25) is 0 Å². The molecule has 0 aliphatic heterocycles. The van der Waals surface area contributed by atoms with Crippen LogP contribution in [0.15, 0.2) is 90.0 Å². The molecule has 4 rings (SSSR count). The maximum Gasteiger partial charge on any atom is 0.272 e. The van der Waals surface area contributed by atoms with Crippen molar-refractivity contribution in [1.29, 1.82) is 0 Å². The van der Waals surface area contributed by atoms with E-state index in [0.29, 0.717) is 5.56 Å². The summed E-state index contributed by atoms with van der Waals surface area (Å²) in [6.45, 7) is 4.13. The van der Waals surface area contributed by atoms with E-state index in [1.54, 1.807) is 0 Å². The van der Waals surface area contributed by atoms with Crippen LogP contribution in [-0.2, 0) is 6.42 Å². The van der Waals surface area contributed by atoms with E-state index in [1.165, 1.54) is 24.8 Å². The molecule has 33 heavy (non-hydrogen) atoms. The Hall–Kier alpha value is -3.79. The lowest BCUT2D eigenvalue weighted by atomic mass is 10.0. The summed E-state index contributed by atoms with van der Waals surface area (Å²) in [5.41, 5.74) is 8.92. The topological polar surface area (TPSA) is 54.4 Å². The Balaban J connectivity index is 1.55. The van der Waals surface area contributed by atoms with E-state index in [2.05, 4.69) is 41.7 Å². The van der Waals surface area contributed by atoms with Crippen LogP contribution < -0.4 is 5.43 Å². The molecule has 0 unspecified atom stereocenters. The smallest absolute Gasteiger partial charge is 0.267 e. The average Bonchev–Trinajstić information content (AvgIpc) is 2.87. The van der Waals surface area contributed by atoms with Gasteiger partial charge >= 0.3 is 0 Å². The molecule has 0 saturated carbocycles. The lowest BCUT2D eigenvalue weighted by Crippen LogP contribution is -2.20. The summed E-state index contributed by atoms with van der Waals surface area (Å²) in [5, 5.41) is 5.19. The molecule has 0 atom stereocenters. The number of nitrogens with zero attached hydrogens (tertiary/aromatic N) is 2. The van der Waals surface area contributed by atoms with Crippen molar-refractivity contribution in [3.63, 3.8) is 0 Å². The van der Waals surface area contributed by atoms with Crippen LogP contribution in [-0.4, -0.2) is 16.6 Å². The zero-order chi connectivity index (χ0) is 23.0. The van der Waals surface area contributed by atoms with Crippen molar-refractivity contribution in [2.24, 2.45) is 5.10 Å². The number of hydrogen-bond acceptors (Lipinski definition) is 3. The highest BCUT2D eigenvalue weighted by Crippen LogP contribution is 2.24. The minimum absolute atomic E-state index is 0.249. The number of amides is 1. The first-order chi connectivity index (χ1) is 16.2. The van der Waals surface area contributed by atoms with Gasteiger partial charge in [-0.15, -0.1) is 0 Å². The molecular weight excluding hydrogens is 406 g/mol. The number of aryl methyl sites for hydroxylation is 1. The largest absolute Gasteiger partial charge is 0.272 e. The Bertz CT molecular complexity index is 1260. The lowest BCUT2D eigenvalue weighted by Gasteiger charge is -2.10. The highest BCUT2D eigenvalue weighted by Gasteiger charge is 2.14. The first-order valence-corrected chi connectivity index (χ1v) is 11.5. The number of aromatic nitrogens is 1. The Labute approximate surface area is 195 Å². The van der Waals surface area contributed by atoms with E-state index in [0.717, 1.165) is 39.9 Å². The number of hydrogen-bond donors (Lipinski definition) is 1. The Morgan fingerprint density at radius 2 is 1.64 bits per heavy atom. The van der Waals surface area contributed by atoms with Crippen LogP contribution in [0, 0.1) is 0 Å². The summed E-state index contributed by atoms with van der Waals surface area (Å²) >= 11 is 0. The summed E-state index contributed by atoms with van der Waals surface area (Å²) in [6.07, 6.45) is 4.79. The van der Waals surface area contributed by atoms with Crippen LogP contribution in [0.4, 0.5) is 0 Å². The number of carbonyl (C=O) groups is 1. The molecule has 0 spiro atoms. The summed E-state index contributed by atoms with van der Waals surface area (Å²) in [4.78, 5) is 17.9. The second-order valence-electron chi connectivity index (χ2n) is 8.23. The highest BCUT2D eigenvalue weighted by molar-refractivity contribution is 6.08. The average molecular weight is 436 g/mol. The Kier molecular flexibility index (Phi) is 7.26. The van der Waals surface area contributed by atoms with Gasteiger partial charge in [0, 0.05) is 10.9 Å². The van der Waals surface area contributed by atoms with Crippen molar-refractivity contribution in [2.45, 2.75) is 39.5 Å². The molecule has 0 aliphatic rings. The predicted octanol–water partition coefficient (Wildman–Crippen LogP) is 6.79. The third kappa shape index (κ3) is 5.53. The van der Waals surface area contributed by atoms with E-state index in [9.17, 15) is 4.79 Å². The molecule has 4 heteroatoms. The minimum atomic E-state index is -0.249. The third-order valence-corrected chi connectivity index (χ3v) is 5.80. The highest BCUT2D eigenvalue weighted by atomic mass is 16.2. The number of carbonyl (C=O) groups excluding carboxylic acids is 1. The lowest BCUT2D eigenvalue weighted by molar-refractivity contribution is 0.0956. The number of nitrogens with one attached hydrogen (secondary N) is 1. The Morgan fingerprint density at radius 3 is 2.39 bits per heavy atom. The summed E-state index contributed by atoms with van der Waals surface area (Å²) in [6, 6.07) is 27.8. The van der Waals surface area contributed by atoms with Crippen LogP contribution in [0.3, 0.4) is 0 Å². The molecule has 3 aromatic carbocycles. The van der Waals surface area contributed by atoms with Crippen LogP contribution in [0.5, 0.6) is 0 Å². The zero-order valence-corrected chi connectivity index (χ0v) is 19.2. The van der Waals surface area contributed by atoms with Crippen molar-refractivity contribution < 1.29 is 4.79 Å². The van der Waals surface area contributed by atoms with Crippen LogP contribution in [0.2, 0.25) is 0 Å². The van der Waals surface area contributed by atoms with E-state index in [4.69, 9.17) is 4.98 Å². The van der Waals surface area contributed by atoms with Gasteiger partial charge in [0.25, 0.3) is 5.91 Å². The van der Waals surface area contributed by atoms with Crippen molar-refractivity contribution in [3.05, 3.63) is 102 Å². The molecule has 4 nitrogen and oxygen atoms in total. The van der Waals surface area contributed by atoms with E-state index in [-0.39, 0.29) is 5.91 Å². The molecule has 1 N–H and O–H groups in total. The van der Waals surface area contributed by atoms with Gasteiger partial charge in [-0.05, 0) is 43.0 Å². The molecule has 4 aromatic rings. The van der Waals surface area contributed by atoms with Gasteiger partial charge in [0.1, 0.15) is 0 Å². The fraction of sp³-hybridized carbons (Fsp3) is 0.207. The number of fused-ring (bicyclic) bond motifs is 1. The quantitative estimate of drug-likeness (QED) is 0.188. The number of para-hydroxylation sites is 1. The van der Waals surface area contributed by atoms with Gasteiger partial charge in [-0.3, -0.25) is 4.79 Å². The molecule has 0 bridgehead atoms. The second kappa shape index (κ2) is 10.7. The zero-order valence-electron chi connectivity index (χ0n) is 19.2. The fourth-order valence-electron chi connectivity index (χ4n) is 3.87. The van der Waals surface area contributed by atoms with Crippen LogP contribution in [0.25, 0.3) is 22.2 Å². The number of hydrazone groups is 1. The van der Waals surface area contributed by atoms with Gasteiger partial charge in [0.05, 0.1) is 22.5 Å². The summed E-state index contributed by atoms with van der Waals surface area (Å²) in [7, 11) is 0. The van der Waals surface area contributed by atoms with Crippen LogP contribution >= 0.6 is 0 Å². The molecule has 0 saturated heterocycles.